The molecule has 154 valence electrons. The summed E-state index contributed by atoms with van der Waals surface area (Å²) in [5, 5.41) is 29.2. The van der Waals surface area contributed by atoms with Gasteiger partial charge in [0.05, 0.1) is 25.3 Å². The van der Waals surface area contributed by atoms with Gasteiger partial charge in [-0.2, -0.15) is 0 Å². The number of hydrogen-bond donors (Lipinski definition) is 3. The zero-order chi connectivity index (χ0) is 21.8. The maximum absolute atomic E-state index is 12.4. The molecule has 0 spiro atoms. The molecular weight excluding hydrogens is 392 g/mol. The first kappa shape index (κ1) is 20.5. The van der Waals surface area contributed by atoms with Gasteiger partial charge in [-0.3, -0.25) is 0 Å². The third-order valence-corrected chi connectivity index (χ3v) is 4.32. The molecule has 30 heavy (non-hydrogen) atoms. The number of phenolic OH excluding ortho intramolecular Hbond substituents is 2. The Kier molecular flexibility index (Phi) is 5.78. The van der Waals surface area contributed by atoms with Gasteiger partial charge in [-0.15, -0.1) is 0 Å². The van der Waals surface area contributed by atoms with E-state index in [0.717, 1.165) is 0 Å². The second-order valence-corrected chi connectivity index (χ2v) is 6.18. The van der Waals surface area contributed by atoms with Gasteiger partial charge in [-0.25, -0.2) is 9.59 Å². The van der Waals surface area contributed by atoms with E-state index in [-0.39, 0.29) is 45.4 Å². The fourth-order valence-electron chi connectivity index (χ4n) is 2.85. The predicted molar refractivity (Wildman–Crippen MR) is 107 cm³/mol. The van der Waals surface area contributed by atoms with Gasteiger partial charge in [0.1, 0.15) is 5.75 Å². The van der Waals surface area contributed by atoms with Gasteiger partial charge >= 0.3 is 11.9 Å². The monoisotopic (exact) mass is 410 g/mol. The van der Waals surface area contributed by atoms with E-state index in [1.807, 2.05) is 0 Å². The SMILES string of the molecule is COc1cc(C(=O)Oc2cccc(-c3cc(O)c(OC)cc3C(=O)O)c2)ccc1O. The number of rotatable bonds is 6. The van der Waals surface area contributed by atoms with E-state index >= 15 is 0 Å². The highest BCUT2D eigenvalue weighted by atomic mass is 16.5. The maximum Gasteiger partial charge on any atom is 0.343 e. The number of phenols is 2. The summed E-state index contributed by atoms with van der Waals surface area (Å²) in [5.41, 5.74) is 0.712. The molecule has 8 nitrogen and oxygen atoms in total. The summed E-state index contributed by atoms with van der Waals surface area (Å²) in [6.07, 6.45) is 0. The molecule has 3 aromatic carbocycles. The Morgan fingerprint density at radius 1 is 0.833 bits per heavy atom. The van der Waals surface area contributed by atoms with Crippen LogP contribution >= 0.6 is 0 Å². The molecule has 3 rings (SSSR count). The van der Waals surface area contributed by atoms with Crippen molar-refractivity contribution in [2.75, 3.05) is 14.2 Å². The lowest BCUT2D eigenvalue weighted by atomic mass is 9.98. The zero-order valence-electron chi connectivity index (χ0n) is 16.1. The second kappa shape index (κ2) is 8.44. The smallest absolute Gasteiger partial charge is 0.343 e. The van der Waals surface area contributed by atoms with E-state index in [2.05, 4.69) is 0 Å². The van der Waals surface area contributed by atoms with E-state index in [4.69, 9.17) is 14.2 Å². The molecule has 0 fully saturated rings. The number of carbonyl (C=O) groups excluding carboxylic acids is 1. The first-order valence-electron chi connectivity index (χ1n) is 8.68. The molecule has 0 heterocycles. The van der Waals surface area contributed by atoms with E-state index in [0.29, 0.717) is 5.56 Å². The van der Waals surface area contributed by atoms with Crippen molar-refractivity contribution >= 4 is 11.9 Å². The van der Waals surface area contributed by atoms with Crippen LogP contribution in [0, 0.1) is 0 Å². The van der Waals surface area contributed by atoms with E-state index < -0.39 is 11.9 Å². The number of carbonyl (C=O) groups is 2. The lowest BCUT2D eigenvalue weighted by Crippen LogP contribution is -2.08. The highest BCUT2D eigenvalue weighted by Crippen LogP contribution is 2.36. The molecule has 0 aromatic heterocycles. The maximum atomic E-state index is 12.4. The number of ether oxygens (including phenoxy) is 3. The summed E-state index contributed by atoms with van der Waals surface area (Å²) in [6, 6.07) is 12.7. The molecule has 8 heteroatoms. The van der Waals surface area contributed by atoms with Crippen molar-refractivity contribution in [2.45, 2.75) is 0 Å². The number of methoxy groups -OCH3 is 2. The van der Waals surface area contributed by atoms with Crippen molar-refractivity contribution in [3.63, 3.8) is 0 Å². The Bertz CT molecular complexity index is 1120. The van der Waals surface area contributed by atoms with Crippen LogP contribution in [-0.4, -0.2) is 41.5 Å². The topological polar surface area (TPSA) is 123 Å². The summed E-state index contributed by atoms with van der Waals surface area (Å²) < 4.78 is 15.3. The summed E-state index contributed by atoms with van der Waals surface area (Å²) >= 11 is 0. The van der Waals surface area contributed by atoms with E-state index in [9.17, 15) is 24.9 Å². The molecule has 0 saturated heterocycles. The van der Waals surface area contributed by atoms with Crippen LogP contribution in [0.1, 0.15) is 20.7 Å². The summed E-state index contributed by atoms with van der Waals surface area (Å²) in [6.45, 7) is 0. The molecule has 0 amide bonds. The third-order valence-electron chi connectivity index (χ3n) is 4.32. The lowest BCUT2D eigenvalue weighted by molar-refractivity contribution is 0.0694. The molecule has 0 aliphatic carbocycles. The summed E-state index contributed by atoms with van der Waals surface area (Å²) in [4.78, 5) is 24.1. The molecule has 0 unspecified atom stereocenters. The third kappa shape index (κ3) is 4.12. The average Bonchev–Trinajstić information content (AvgIpc) is 2.73. The fraction of sp³-hybridized carbons (Fsp3) is 0.0909. The quantitative estimate of drug-likeness (QED) is 0.415. The van der Waals surface area contributed by atoms with Crippen LogP contribution in [-0.2, 0) is 0 Å². The molecule has 0 atom stereocenters. The van der Waals surface area contributed by atoms with Crippen LogP contribution in [0.4, 0.5) is 0 Å². The zero-order valence-corrected chi connectivity index (χ0v) is 16.1. The molecule has 3 N–H and O–H groups in total. The molecule has 0 saturated carbocycles. The van der Waals surface area contributed by atoms with Crippen molar-refractivity contribution in [3.8, 4) is 39.9 Å². The van der Waals surface area contributed by atoms with Crippen molar-refractivity contribution in [2.24, 2.45) is 0 Å². The number of esters is 1. The van der Waals surface area contributed by atoms with Gasteiger partial charge in [0, 0.05) is 5.56 Å². The summed E-state index contributed by atoms with van der Waals surface area (Å²) in [5.74, 6) is -1.93. The van der Waals surface area contributed by atoms with Crippen molar-refractivity contribution in [3.05, 3.63) is 65.7 Å². The van der Waals surface area contributed by atoms with Crippen LogP contribution < -0.4 is 14.2 Å². The molecule has 0 radical (unpaired) electrons. The second-order valence-electron chi connectivity index (χ2n) is 6.18. The molecular formula is C22H18O8. The van der Waals surface area contributed by atoms with Crippen LogP contribution in [0.25, 0.3) is 11.1 Å². The average molecular weight is 410 g/mol. The van der Waals surface area contributed by atoms with Crippen molar-refractivity contribution in [1.82, 2.24) is 0 Å². The summed E-state index contributed by atoms with van der Waals surface area (Å²) in [7, 11) is 2.68. The number of hydrogen-bond acceptors (Lipinski definition) is 7. The number of aromatic hydroxyl groups is 2. The fourth-order valence-corrected chi connectivity index (χ4v) is 2.85. The van der Waals surface area contributed by atoms with Crippen LogP contribution in [0.15, 0.2) is 54.6 Å². The molecule has 0 bridgehead atoms. The Hall–Kier alpha value is -4.20. The van der Waals surface area contributed by atoms with Crippen LogP contribution in [0.5, 0.6) is 28.7 Å². The van der Waals surface area contributed by atoms with Crippen molar-refractivity contribution < 1.29 is 39.1 Å². The van der Waals surface area contributed by atoms with E-state index in [1.54, 1.807) is 12.1 Å². The predicted octanol–water partition coefficient (Wildman–Crippen LogP) is 3.70. The van der Waals surface area contributed by atoms with E-state index in [1.165, 1.54) is 56.7 Å². The standard InChI is InChI=1S/C22H18O8/c1-28-19-9-13(6-7-17(19)23)22(27)30-14-5-3-4-12(8-14)15-10-18(24)20(29-2)11-16(15)21(25)26/h3-11,23-24H,1-2H3,(H,25,26). The van der Waals surface area contributed by atoms with Gasteiger partial charge in [0.15, 0.2) is 23.0 Å². The minimum Gasteiger partial charge on any atom is -0.504 e. The van der Waals surface area contributed by atoms with Gasteiger partial charge in [0.25, 0.3) is 0 Å². The Morgan fingerprint density at radius 2 is 1.53 bits per heavy atom. The Labute approximate surface area is 171 Å². The first-order valence-corrected chi connectivity index (χ1v) is 8.68. The number of benzene rings is 3. The van der Waals surface area contributed by atoms with Gasteiger partial charge in [0.2, 0.25) is 0 Å². The van der Waals surface area contributed by atoms with Gasteiger partial charge in [-0.05, 0) is 48.0 Å². The molecule has 3 aromatic rings. The van der Waals surface area contributed by atoms with Gasteiger partial charge in [-0.1, -0.05) is 12.1 Å². The highest BCUT2D eigenvalue weighted by Gasteiger charge is 2.18. The van der Waals surface area contributed by atoms with Crippen LogP contribution in [0.3, 0.4) is 0 Å². The number of aromatic carboxylic acids is 1. The Morgan fingerprint density at radius 3 is 2.20 bits per heavy atom. The van der Waals surface area contributed by atoms with Crippen LogP contribution in [0.2, 0.25) is 0 Å². The minimum absolute atomic E-state index is 0.0278. The lowest BCUT2D eigenvalue weighted by Gasteiger charge is -2.12. The number of carboxylic acids is 1. The first-order chi connectivity index (χ1) is 14.3. The minimum atomic E-state index is -1.21. The Balaban J connectivity index is 1.95. The van der Waals surface area contributed by atoms with Crippen molar-refractivity contribution in [1.29, 1.82) is 0 Å². The normalized spacial score (nSPS) is 10.3. The molecule has 0 aliphatic rings. The molecule has 0 aliphatic heterocycles. The largest absolute Gasteiger partial charge is 0.504 e. The number of carboxylic acid groups (broad SMARTS) is 1. The van der Waals surface area contributed by atoms with Gasteiger partial charge < -0.3 is 29.5 Å². The highest BCUT2D eigenvalue weighted by molar-refractivity contribution is 5.97.